The van der Waals surface area contributed by atoms with E-state index in [-0.39, 0.29) is 12.6 Å². The molecule has 0 fully saturated rings. The molecule has 4 aromatic rings. The number of rotatable bonds is 20. The Morgan fingerprint density at radius 3 is 1.61 bits per heavy atom. The van der Waals surface area contributed by atoms with Crippen LogP contribution in [0.15, 0.2) is 116 Å². The number of hydrogen-bond acceptors (Lipinski definition) is 7. The Bertz CT molecular complexity index is 1310. The molecule has 0 aliphatic carbocycles. The molecule has 230 valence electrons. The van der Waals surface area contributed by atoms with Crippen LogP contribution >= 0.6 is 0 Å². The second-order valence-electron chi connectivity index (χ2n) is 9.91. The first-order valence-electron chi connectivity index (χ1n) is 14.7. The van der Waals surface area contributed by atoms with E-state index in [1.54, 1.807) is 18.2 Å². The molecule has 0 aromatic heterocycles. The largest absolute Gasteiger partial charge is 0.460 e. The van der Waals surface area contributed by atoms with Gasteiger partial charge in [0.1, 0.15) is 6.61 Å². The molecular formula is C37H40O7. The van der Waals surface area contributed by atoms with Gasteiger partial charge in [-0.1, -0.05) is 110 Å². The number of ether oxygens (including phenoxy) is 6. The van der Waals surface area contributed by atoms with Crippen LogP contribution in [0.1, 0.15) is 44.5 Å². The summed E-state index contributed by atoms with van der Waals surface area (Å²) in [6.07, 6.45) is 1.22. The minimum atomic E-state index is -0.497. The molecule has 0 atom stereocenters. The van der Waals surface area contributed by atoms with Crippen LogP contribution in [-0.2, 0) is 48.2 Å². The lowest BCUT2D eigenvalue weighted by atomic mass is 10.1. The van der Waals surface area contributed by atoms with Gasteiger partial charge in [0.25, 0.3) is 0 Å². The second kappa shape index (κ2) is 19.2. The molecular weight excluding hydrogens is 556 g/mol. The van der Waals surface area contributed by atoms with Gasteiger partial charge in [-0.05, 0) is 34.4 Å². The van der Waals surface area contributed by atoms with Crippen LogP contribution < -0.4 is 0 Å². The Balaban J connectivity index is 1.08. The number of carbonyl (C=O) groups excluding carboxylic acids is 1. The lowest BCUT2D eigenvalue weighted by Gasteiger charge is -2.20. The summed E-state index contributed by atoms with van der Waals surface area (Å²) >= 11 is 0. The third-order valence-corrected chi connectivity index (χ3v) is 6.60. The number of carbonyl (C=O) groups is 1. The van der Waals surface area contributed by atoms with Gasteiger partial charge in [0.15, 0.2) is 6.29 Å². The summed E-state index contributed by atoms with van der Waals surface area (Å²) in [5.74, 6) is -0.375. The maximum atomic E-state index is 12.0. The molecule has 44 heavy (non-hydrogen) atoms. The minimum Gasteiger partial charge on any atom is -0.460 e. The van der Waals surface area contributed by atoms with E-state index in [4.69, 9.17) is 28.4 Å². The first-order valence-corrected chi connectivity index (χ1v) is 14.7. The summed E-state index contributed by atoms with van der Waals surface area (Å²) in [5.41, 5.74) is 5.62. The van der Waals surface area contributed by atoms with Gasteiger partial charge in [0.2, 0.25) is 0 Å². The molecule has 7 heteroatoms. The zero-order chi connectivity index (χ0) is 30.7. The van der Waals surface area contributed by atoms with Gasteiger partial charge in [-0.25, -0.2) is 4.79 Å². The van der Waals surface area contributed by atoms with Crippen LogP contribution in [0.5, 0.6) is 0 Å². The predicted octanol–water partition coefficient (Wildman–Crippen LogP) is 7.17. The summed E-state index contributed by atoms with van der Waals surface area (Å²) in [6, 6.07) is 35.3. The maximum absolute atomic E-state index is 12.0. The van der Waals surface area contributed by atoms with Crippen molar-refractivity contribution in [3.63, 3.8) is 0 Å². The van der Waals surface area contributed by atoms with Crippen molar-refractivity contribution >= 4 is 12.0 Å². The monoisotopic (exact) mass is 596 g/mol. The molecule has 4 rings (SSSR count). The van der Waals surface area contributed by atoms with Crippen LogP contribution in [0.25, 0.3) is 6.08 Å². The van der Waals surface area contributed by atoms with Crippen molar-refractivity contribution in [2.75, 3.05) is 39.6 Å². The Hall–Kier alpha value is -4.11. The molecule has 0 saturated carbocycles. The fraction of sp³-hybridized carbons (Fsp3) is 0.270. The van der Waals surface area contributed by atoms with Crippen molar-refractivity contribution < 1.29 is 33.2 Å². The Kier molecular flexibility index (Phi) is 14.3. The van der Waals surface area contributed by atoms with Crippen molar-refractivity contribution in [1.82, 2.24) is 0 Å². The van der Waals surface area contributed by atoms with Crippen molar-refractivity contribution in [1.29, 1.82) is 0 Å². The van der Waals surface area contributed by atoms with E-state index in [0.29, 0.717) is 58.4 Å². The smallest absolute Gasteiger partial charge is 0.338 e. The standard InChI is InChI=1S/C37H40O7/c1-2-30-13-17-34(18-14-30)36(38)42-26-25-40-22-21-39-23-24-41-27-33-15-19-35(20-16-33)37(43-28-31-9-5-3-6-10-31)44-29-32-11-7-4-8-12-32/h2-20,37H,1,21-29H2. The number of hydrogen-bond donors (Lipinski definition) is 0. The third kappa shape index (κ3) is 11.9. The number of benzene rings is 4. The van der Waals surface area contributed by atoms with E-state index in [9.17, 15) is 4.79 Å². The Labute approximate surface area is 260 Å². The van der Waals surface area contributed by atoms with E-state index in [1.807, 2.05) is 97.1 Å². The molecule has 0 N–H and O–H groups in total. The van der Waals surface area contributed by atoms with E-state index >= 15 is 0 Å². The second-order valence-corrected chi connectivity index (χ2v) is 9.91. The van der Waals surface area contributed by atoms with Gasteiger partial charge in [0, 0.05) is 5.56 Å². The lowest BCUT2D eigenvalue weighted by molar-refractivity contribution is -0.161. The fourth-order valence-electron chi connectivity index (χ4n) is 4.17. The fourth-order valence-corrected chi connectivity index (χ4v) is 4.17. The van der Waals surface area contributed by atoms with E-state index in [0.717, 1.165) is 27.8 Å². The van der Waals surface area contributed by atoms with Gasteiger partial charge in [-0.2, -0.15) is 0 Å². The summed E-state index contributed by atoms with van der Waals surface area (Å²) in [7, 11) is 0. The first-order chi connectivity index (χ1) is 21.7. The van der Waals surface area contributed by atoms with Crippen LogP contribution in [0.4, 0.5) is 0 Å². The van der Waals surface area contributed by atoms with Gasteiger partial charge >= 0.3 is 5.97 Å². The summed E-state index contributed by atoms with van der Waals surface area (Å²) < 4.78 is 34.4. The highest BCUT2D eigenvalue weighted by atomic mass is 16.7. The molecule has 0 aliphatic heterocycles. The third-order valence-electron chi connectivity index (χ3n) is 6.60. The lowest BCUT2D eigenvalue weighted by Crippen LogP contribution is -2.14. The Morgan fingerprint density at radius 1 is 0.568 bits per heavy atom. The van der Waals surface area contributed by atoms with Gasteiger partial charge < -0.3 is 28.4 Å². The van der Waals surface area contributed by atoms with Gasteiger partial charge in [-0.3, -0.25) is 0 Å². The van der Waals surface area contributed by atoms with E-state index < -0.39 is 6.29 Å². The molecule has 0 aliphatic rings. The van der Waals surface area contributed by atoms with E-state index in [1.165, 1.54) is 0 Å². The SMILES string of the molecule is C=Cc1ccc(C(=O)OCCOCCOCCOCc2ccc(C(OCc3ccccc3)OCc3ccccc3)cc2)cc1. The zero-order valence-corrected chi connectivity index (χ0v) is 25.0. The topological polar surface area (TPSA) is 72.5 Å². The highest BCUT2D eigenvalue weighted by Gasteiger charge is 2.14. The molecule has 7 nitrogen and oxygen atoms in total. The van der Waals surface area contributed by atoms with Crippen LogP contribution in [0.2, 0.25) is 0 Å². The quantitative estimate of drug-likeness (QED) is 0.0609. The summed E-state index contributed by atoms with van der Waals surface area (Å²) in [6.45, 7) is 7.34. The predicted molar refractivity (Wildman–Crippen MR) is 170 cm³/mol. The van der Waals surface area contributed by atoms with Crippen LogP contribution in [-0.4, -0.2) is 45.6 Å². The number of esters is 1. The highest BCUT2D eigenvalue weighted by molar-refractivity contribution is 5.89. The Morgan fingerprint density at radius 2 is 1.07 bits per heavy atom. The summed E-state index contributed by atoms with van der Waals surface area (Å²) in [4.78, 5) is 12.0. The molecule has 0 radical (unpaired) electrons. The highest BCUT2D eigenvalue weighted by Crippen LogP contribution is 2.23. The van der Waals surface area contributed by atoms with Crippen molar-refractivity contribution in [2.24, 2.45) is 0 Å². The first kappa shape index (κ1) is 32.8. The molecule has 0 amide bonds. The molecule has 0 saturated heterocycles. The molecule has 4 aromatic carbocycles. The van der Waals surface area contributed by atoms with Gasteiger partial charge in [0.05, 0.1) is 58.4 Å². The van der Waals surface area contributed by atoms with Crippen molar-refractivity contribution in [3.05, 3.63) is 149 Å². The molecule has 0 spiro atoms. The molecule has 0 bridgehead atoms. The van der Waals surface area contributed by atoms with Crippen molar-refractivity contribution in [2.45, 2.75) is 26.1 Å². The zero-order valence-electron chi connectivity index (χ0n) is 25.0. The van der Waals surface area contributed by atoms with Crippen LogP contribution in [0.3, 0.4) is 0 Å². The van der Waals surface area contributed by atoms with Gasteiger partial charge in [-0.15, -0.1) is 0 Å². The van der Waals surface area contributed by atoms with Crippen LogP contribution in [0, 0.1) is 0 Å². The summed E-state index contributed by atoms with van der Waals surface area (Å²) in [5, 5.41) is 0. The average molecular weight is 597 g/mol. The maximum Gasteiger partial charge on any atom is 0.338 e. The normalized spacial score (nSPS) is 11.0. The van der Waals surface area contributed by atoms with Crippen molar-refractivity contribution in [3.8, 4) is 0 Å². The van der Waals surface area contributed by atoms with E-state index in [2.05, 4.69) is 6.58 Å². The minimum absolute atomic E-state index is 0.184. The molecule has 0 unspecified atom stereocenters. The average Bonchev–Trinajstić information content (AvgIpc) is 3.08. The molecule has 0 heterocycles.